The van der Waals surface area contributed by atoms with Crippen molar-refractivity contribution in [3.05, 3.63) is 0 Å². The Kier molecular flexibility index (Phi) is 12.1. The molecule has 0 saturated heterocycles. The Hall–Kier alpha value is -0.0800. The van der Waals surface area contributed by atoms with Gasteiger partial charge in [0.15, 0.2) is 5.79 Å². The molecule has 2 nitrogen and oxygen atoms in total. The maximum Gasteiger partial charge on any atom is 0.168 e. The highest BCUT2D eigenvalue weighted by Crippen LogP contribution is 2.34. The van der Waals surface area contributed by atoms with Crippen LogP contribution in [0.2, 0.25) is 0 Å². The normalized spacial score (nSPS) is 16.3. The van der Waals surface area contributed by atoms with Crippen LogP contribution in [-0.2, 0) is 9.47 Å². The molecule has 0 bridgehead atoms. The molecule has 0 spiro atoms. The summed E-state index contributed by atoms with van der Waals surface area (Å²) in [6.45, 7) is 8.02. The maximum atomic E-state index is 6.15. The lowest BCUT2D eigenvalue weighted by Crippen LogP contribution is -2.36. The van der Waals surface area contributed by atoms with Crippen molar-refractivity contribution in [1.29, 1.82) is 0 Å². The van der Waals surface area contributed by atoms with Crippen LogP contribution in [0, 0.1) is 5.92 Å². The SMILES string of the molecule is CCCCCCCCCC(CCC1CCCC1)(OCC)OCC. The lowest BCUT2D eigenvalue weighted by Gasteiger charge is -2.34. The van der Waals surface area contributed by atoms with Gasteiger partial charge in [-0.2, -0.15) is 0 Å². The van der Waals surface area contributed by atoms with E-state index in [1.165, 1.54) is 77.0 Å². The van der Waals surface area contributed by atoms with E-state index in [9.17, 15) is 0 Å². The van der Waals surface area contributed by atoms with E-state index in [-0.39, 0.29) is 5.79 Å². The second-order valence-corrected chi connectivity index (χ2v) is 7.34. The molecule has 0 aromatic carbocycles. The quantitative estimate of drug-likeness (QED) is 0.241. The summed E-state index contributed by atoms with van der Waals surface area (Å²) in [5, 5.41) is 0. The minimum atomic E-state index is -0.296. The summed E-state index contributed by atoms with van der Waals surface area (Å²) in [6, 6.07) is 0. The molecule has 0 N–H and O–H groups in total. The largest absolute Gasteiger partial charge is 0.350 e. The molecule has 0 aliphatic heterocycles. The van der Waals surface area contributed by atoms with Crippen molar-refractivity contribution in [3.8, 4) is 0 Å². The fourth-order valence-electron chi connectivity index (χ4n) is 4.06. The zero-order chi connectivity index (χ0) is 16.8. The molecule has 23 heavy (non-hydrogen) atoms. The minimum absolute atomic E-state index is 0.296. The molecule has 138 valence electrons. The molecule has 0 aromatic heterocycles. The number of unbranched alkanes of at least 4 members (excludes halogenated alkanes) is 6. The smallest absolute Gasteiger partial charge is 0.168 e. The summed E-state index contributed by atoms with van der Waals surface area (Å²) in [6.07, 6.45) is 18.6. The van der Waals surface area contributed by atoms with Gasteiger partial charge in [0.2, 0.25) is 0 Å². The van der Waals surface area contributed by atoms with Crippen molar-refractivity contribution in [1.82, 2.24) is 0 Å². The Labute approximate surface area is 145 Å². The van der Waals surface area contributed by atoms with Gasteiger partial charge >= 0.3 is 0 Å². The van der Waals surface area contributed by atoms with Gasteiger partial charge in [0, 0.05) is 26.1 Å². The van der Waals surface area contributed by atoms with Crippen LogP contribution in [0.5, 0.6) is 0 Å². The lowest BCUT2D eigenvalue weighted by molar-refractivity contribution is -0.243. The van der Waals surface area contributed by atoms with Crippen LogP contribution in [0.15, 0.2) is 0 Å². The van der Waals surface area contributed by atoms with Crippen LogP contribution in [0.4, 0.5) is 0 Å². The van der Waals surface area contributed by atoms with Crippen LogP contribution in [0.1, 0.15) is 111 Å². The molecule has 1 aliphatic rings. The van der Waals surface area contributed by atoms with Crippen molar-refractivity contribution >= 4 is 0 Å². The van der Waals surface area contributed by atoms with Crippen molar-refractivity contribution < 1.29 is 9.47 Å². The molecule has 1 aliphatic carbocycles. The average molecular weight is 327 g/mol. The molecule has 1 rings (SSSR count). The highest BCUT2D eigenvalue weighted by atomic mass is 16.7. The van der Waals surface area contributed by atoms with E-state index >= 15 is 0 Å². The van der Waals surface area contributed by atoms with Gasteiger partial charge in [-0.15, -0.1) is 0 Å². The minimum Gasteiger partial charge on any atom is -0.350 e. The van der Waals surface area contributed by atoms with Crippen LogP contribution in [0.25, 0.3) is 0 Å². The molecule has 0 unspecified atom stereocenters. The third-order valence-corrected chi connectivity index (χ3v) is 5.38. The number of hydrogen-bond acceptors (Lipinski definition) is 2. The van der Waals surface area contributed by atoms with Gasteiger partial charge in [-0.25, -0.2) is 0 Å². The monoisotopic (exact) mass is 326 g/mol. The Morgan fingerprint density at radius 2 is 1.30 bits per heavy atom. The summed E-state index contributed by atoms with van der Waals surface area (Å²) < 4.78 is 12.3. The molecule has 1 fully saturated rings. The first-order valence-electron chi connectivity index (χ1n) is 10.5. The number of rotatable bonds is 15. The fraction of sp³-hybridized carbons (Fsp3) is 1.00. The lowest BCUT2D eigenvalue weighted by atomic mass is 9.94. The van der Waals surface area contributed by atoms with E-state index in [1.807, 2.05) is 0 Å². The van der Waals surface area contributed by atoms with Crippen LogP contribution in [0.3, 0.4) is 0 Å². The third kappa shape index (κ3) is 9.10. The number of ether oxygens (including phenoxy) is 2. The van der Waals surface area contributed by atoms with Crippen LogP contribution < -0.4 is 0 Å². The van der Waals surface area contributed by atoms with E-state index in [2.05, 4.69) is 20.8 Å². The van der Waals surface area contributed by atoms with Gasteiger partial charge in [-0.05, 0) is 32.6 Å². The van der Waals surface area contributed by atoms with Crippen LogP contribution >= 0.6 is 0 Å². The summed E-state index contributed by atoms with van der Waals surface area (Å²) in [7, 11) is 0. The zero-order valence-electron chi connectivity index (χ0n) is 16.2. The molecule has 1 saturated carbocycles. The summed E-state index contributed by atoms with van der Waals surface area (Å²) in [4.78, 5) is 0. The second kappa shape index (κ2) is 13.2. The third-order valence-electron chi connectivity index (χ3n) is 5.38. The molecule has 2 heteroatoms. The molecule has 0 heterocycles. The predicted octanol–water partition coefficient (Wildman–Crippen LogP) is 6.87. The van der Waals surface area contributed by atoms with Gasteiger partial charge in [-0.1, -0.05) is 71.1 Å². The van der Waals surface area contributed by atoms with Gasteiger partial charge in [0.25, 0.3) is 0 Å². The molecule has 0 atom stereocenters. The van der Waals surface area contributed by atoms with E-state index in [0.717, 1.165) is 32.0 Å². The zero-order valence-corrected chi connectivity index (χ0v) is 16.2. The van der Waals surface area contributed by atoms with Crippen molar-refractivity contribution in [2.75, 3.05) is 13.2 Å². The molecule has 0 radical (unpaired) electrons. The van der Waals surface area contributed by atoms with Crippen molar-refractivity contribution in [2.45, 2.75) is 116 Å². The van der Waals surface area contributed by atoms with Gasteiger partial charge < -0.3 is 9.47 Å². The first kappa shape index (κ1) is 21.0. The molecular weight excluding hydrogens is 284 g/mol. The van der Waals surface area contributed by atoms with E-state index in [1.54, 1.807) is 0 Å². The maximum absolute atomic E-state index is 6.15. The average Bonchev–Trinajstić information content (AvgIpc) is 3.06. The molecule has 0 aromatic rings. The Morgan fingerprint density at radius 3 is 1.87 bits per heavy atom. The molecule has 0 amide bonds. The summed E-state index contributed by atoms with van der Waals surface area (Å²) in [5.74, 6) is 0.625. The van der Waals surface area contributed by atoms with E-state index in [4.69, 9.17) is 9.47 Å². The first-order chi connectivity index (χ1) is 11.3. The predicted molar refractivity (Wildman–Crippen MR) is 99.8 cm³/mol. The van der Waals surface area contributed by atoms with Gasteiger partial charge in [0.1, 0.15) is 0 Å². The standard InChI is InChI=1S/C21H42O2/c1-4-7-8-9-10-11-14-18-21(22-5-2,23-6-3)19-17-20-15-12-13-16-20/h20H,4-19H2,1-3H3. The van der Waals surface area contributed by atoms with Gasteiger partial charge in [-0.3, -0.25) is 0 Å². The first-order valence-corrected chi connectivity index (χ1v) is 10.5. The Morgan fingerprint density at radius 1 is 0.739 bits per heavy atom. The fourth-order valence-corrected chi connectivity index (χ4v) is 4.06. The van der Waals surface area contributed by atoms with Crippen molar-refractivity contribution in [2.24, 2.45) is 5.92 Å². The van der Waals surface area contributed by atoms with E-state index < -0.39 is 0 Å². The van der Waals surface area contributed by atoms with Crippen LogP contribution in [-0.4, -0.2) is 19.0 Å². The van der Waals surface area contributed by atoms with Crippen molar-refractivity contribution in [3.63, 3.8) is 0 Å². The van der Waals surface area contributed by atoms with Gasteiger partial charge in [0.05, 0.1) is 0 Å². The highest BCUT2D eigenvalue weighted by molar-refractivity contribution is 4.75. The Bertz CT molecular complexity index is 253. The topological polar surface area (TPSA) is 18.5 Å². The summed E-state index contributed by atoms with van der Waals surface area (Å²) in [5.41, 5.74) is 0. The Balaban J connectivity index is 2.33. The molecular formula is C21H42O2. The summed E-state index contributed by atoms with van der Waals surface area (Å²) >= 11 is 0. The van der Waals surface area contributed by atoms with E-state index in [0.29, 0.717) is 0 Å². The second-order valence-electron chi connectivity index (χ2n) is 7.34. The highest BCUT2D eigenvalue weighted by Gasteiger charge is 2.32. The number of hydrogen-bond donors (Lipinski definition) is 0.